The predicted octanol–water partition coefficient (Wildman–Crippen LogP) is 4.42. The molecule has 0 unspecified atom stereocenters. The van der Waals surface area contributed by atoms with Crippen LogP contribution in [0.4, 0.5) is 5.82 Å². The second-order valence-electron chi connectivity index (χ2n) is 7.16. The quantitative estimate of drug-likeness (QED) is 0.619. The number of ether oxygens (including phenoxy) is 1. The van der Waals surface area contributed by atoms with E-state index in [1.54, 1.807) is 30.7 Å². The summed E-state index contributed by atoms with van der Waals surface area (Å²) in [4.78, 5) is 4.36. The molecule has 0 bridgehead atoms. The summed E-state index contributed by atoms with van der Waals surface area (Å²) >= 11 is 0. The summed E-state index contributed by atoms with van der Waals surface area (Å²) in [6, 6.07) is 13.2. The van der Waals surface area contributed by atoms with Gasteiger partial charge in [0.2, 0.25) is 0 Å². The van der Waals surface area contributed by atoms with Crippen molar-refractivity contribution in [2.24, 2.45) is 0 Å². The highest BCUT2D eigenvalue weighted by molar-refractivity contribution is 7.92. The predicted molar refractivity (Wildman–Crippen MR) is 113 cm³/mol. The van der Waals surface area contributed by atoms with Gasteiger partial charge in [-0.1, -0.05) is 30.3 Å². The molecule has 7 nitrogen and oxygen atoms in total. The Hall–Kier alpha value is -2.87. The van der Waals surface area contributed by atoms with Crippen molar-refractivity contribution in [1.82, 2.24) is 14.8 Å². The largest absolute Gasteiger partial charge is 0.482 e. The fourth-order valence-electron chi connectivity index (χ4n) is 3.26. The minimum absolute atomic E-state index is 0.0538. The van der Waals surface area contributed by atoms with E-state index in [0.29, 0.717) is 17.1 Å². The first-order chi connectivity index (χ1) is 13.7. The van der Waals surface area contributed by atoms with Crippen LogP contribution in [0.2, 0.25) is 0 Å². The monoisotopic (exact) mass is 414 g/mol. The van der Waals surface area contributed by atoms with Crippen LogP contribution in [-0.4, -0.2) is 23.2 Å². The number of pyridine rings is 1. The molecule has 0 fully saturated rings. The molecule has 0 aliphatic carbocycles. The van der Waals surface area contributed by atoms with E-state index in [1.165, 1.54) is 6.20 Å². The third-order valence-electron chi connectivity index (χ3n) is 4.59. The molecule has 3 rings (SSSR count). The maximum absolute atomic E-state index is 13.1. The average molecular weight is 415 g/mol. The lowest BCUT2D eigenvalue weighted by atomic mass is 10.1. The van der Waals surface area contributed by atoms with E-state index in [1.807, 2.05) is 51.1 Å². The molecule has 3 aromatic rings. The number of hydrogen-bond donors (Lipinski definition) is 1. The van der Waals surface area contributed by atoms with E-state index in [4.69, 9.17) is 4.74 Å². The van der Waals surface area contributed by atoms with Crippen LogP contribution in [0.3, 0.4) is 0 Å². The molecule has 0 aliphatic heterocycles. The zero-order valence-electron chi connectivity index (χ0n) is 17.2. The number of aromatic nitrogens is 3. The average Bonchev–Trinajstić information content (AvgIpc) is 2.99. The zero-order valence-corrected chi connectivity index (χ0v) is 18.1. The van der Waals surface area contributed by atoms with Crippen LogP contribution in [0.5, 0.6) is 5.75 Å². The van der Waals surface area contributed by atoms with Gasteiger partial charge < -0.3 is 4.74 Å². The number of hydrogen-bond acceptors (Lipinski definition) is 5. The third kappa shape index (κ3) is 4.42. The minimum Gasteiger partial charge on any atom is -0.482 e. The van der Waals surface area contributed by atoms with Crippen LogP contribution < -0.4 is 9.46 Å². The lowest BCUT2D eigenvalue weighted by Gasteiger charge is -2.18. The van der Waals surface area contributed by atoms with Gasteiger partial charge in [-0.05, 0) is 52.3 Å². The van der Waals surface area contributed by atoms with Crippen molar-refractivity contribution in [3.63, 3.8) is 0 Å². The summed E-state index contributed by atoms with van der Waals surface area (Å²) < 4.78 is 36.5. The molecule has 0 aliphatic rings. The van der Waals surface area contributed by atoms with Gasteiger partial charge in [-0.2, -0.15) is 5.10 Å². The van der Waals surface area contributed by atoms with Crippen molar-refractivity contribution in [3.05, 3.63) is 65.6 Å². The van der Waals surface area contributed by atoms with Crippen LogP contribution in [0, 0.1) is 13.8 Å². The van der Waals surface area contributed by atoms with E-state index in [-0.39, 0.29) is 22.9 Å². The fourth-order valence-corrected chi connectivity index (χ4v) is 4.68. The zero-order chi connectivity index (χ0) is 21.2. The Morgan fingerprint density at radius 3 is 2.34 bits per heavy atom. The van der Waals surface area contributed by atoms with Gasteiger partial charge in [-0.25, -0.2) is 13.4 Å². The second kappa shape index (κ2) is 8.24. The Morgan fingerprint density at radius 1 is 1.03 bits per heavy atom. The van der Waals surface area contributed by atoms with Gasteiger partial charge in [0.1, 0.15) is 11.0 Å². The van der Waals surface area contributed by atoms with Crippen LogP contribution in [0.25, 0.3) is 0 Å². The van der Waals surface area contributed by atoms with Gasteiger partial charge >= 0.3 is 0 Å². The first-order valence-electron chi connectivity index (χ1n) is 9.46. The number of anilines is 1. The maximum Gasteiger partial charge on any atom is 0.266 e. The van der Waals surface area contributed by atoms with Crippen molar-refractivity contribution < 1.29 is 13.2 Å². The van der Waals surface area contributed by atoms with Gasteiger partial charge in [0.05, 0.1) is 11.4 Å². The molecule has 0 radical (unpaired) electrons. The first kappa shape index (κ1) is 20.9. The van der Waals surface area contributed by atoms with E-state index in [2.05, 4.69) is 14.8 Å². The standard InChI is InChI=1S/C21H26N4O3S/c1-14(2)25-16(4)20(15(3)23-25)29(26,27)24-21-19(12-9-13-22-21)28-17(5)18-10-7-6-8-11-18/h6-14,17H,1-5H3,(H,22,24)/t17-/m1/s1. The molecule has 0 amide bonds. The molecular weight excluding hydrogens is 388 g/mol. The Labute approximate surface area is 171 Å². The maximum atomic E-state index is 13.1. The molecule has 2 aromatic heterocycles. The lowest BCUT2D eigenvalue weighted by Crippen LogP contribution is -2.17. The smallest absolute Gasteiger partial charge is 0.266 e. The Kier molecular flexibility index (Phi) is 5.93. The topological polar surface area (TPSA) is 86.1 Å². The SMILES string of the molecule is Cc1nn(C(C)C)c(C)c1S(=O)(=O)Nc1ncccc1O[C@H](C)c1ccccc1. The van der Waals surface area contributed by atoms with Gasteiger partial charge in [-0.15, -0.1) is 0 Å². The van der Waals surface area contributed by atoms with Crippen LogP contribution in [-0.2, 0) is 10.0 Å². The Bertz CT molecular complexity index is 1090. The van der Waals surface area contributed by atoms with Crippen molar-refractivity contribution in [3.8, 4) is 5.75 Å². The normalized spacial score (nSPS) is 12.8. The van der Waals surface area contributed by atoms with Gasteiger partial charge in [0.25, 0.3) is 10.0 Å². The number of sulfonamides is 1. The van der Waals surface area contributed by atoms with Crippen molar-refractivity contribution in [1.29, 1.82) is 0 Å². The van der Waals surface area contributed by atoms with Crippen LogP contribution >= 0.6 is 0 Å². The summed E-state index contributed by atoms with van der Waals surface area (Å²) in [7, 11) is -3.89. The van der Waals surface area contributed by atoms with Crippen molar-refractivity contribution in [2.45, 2.75) is 51.7 Å². The summed E-state index contributed by atoms with van der Waals surface area (Å²) in [6.45, 7) is 9.26. The Balaban J connectivity index is 1.91. The summed E-state index contributed by atoms with van der Waals surface area (Å²) in [6.07, 6.45) is 1.26. The minimum atomic E-state index is -3.89. The molecule has 29 heavy (non-hydrogen) atoms. The molecule has 154 valence electrons. The molecule has 0 saturated carbocycles. The molecule has 0 saturated heterocycles. The highest BCUT2D eigenvalue weighted by Gasteiger charge is 2.27. The fraction of sp³-hybridized carbons (Fsp3) is 0.333. The lowest BCUT2D eigenvalue weighted by molar-refractivity contribution is 0.227. The van der Waals surface area contributed by atoms with E-state index < -0.39 is 10.0 Å². The third-order valence-corrected chi connectivity index (χ3v) is 6.18. The van der Waals surface area contributed by atoms with Gasteiger partial charge in [-0.3, -0.25) is 9.40 Å². The highest BCUT2D eigenvalue weighted by Crippen LogP contribution is 2.30. The molecule has 0 spiro atoms. The summed E-state index contributed by atoms with van der Waals surface area (Å²) in [5, 5.41) is 4.37. The molecule has 1 atom stereocenters. The number of benzene rings is 1. The Morgan fingerprint density at radius 2 is 1.72 bits per heavy atom. The number of rotatable bonds is 7. The van der Waals surface area contributed by atoms with Crippen molar-refractivity contribution in [2.75, 3.05) is 4.72 Å². The molecule has 2 heterocycles. The van der Waals surface area contributed by atoms with E-state index >= 15 is 0 Å². The van der Waals surface area contributed by atoms with Crippen molar-refractivity contribution >= 4 is 15.8 Å². The number of aryl methyl sites for hydroxylation is 1. The molecule has 8 heteroatoms. The van der Waals surface area contributed by atoms with Gasteiger partial charge in [0.15, 0.2) is 11.6 Å². The first-order valence-corrected chi connectivity index (χ1v) is 10.9. The summed E-state index contributed by atoms with van der Waals surface area (Å²) in [5.41, 5.74) is 2.01. The number of nitrogens with zero attached hydrogens (tertiary/aromatic N) is 3. The second-order valence-corrected chi connectivity index (χ2v) is 8.78. The van der Waals surface area contributed by atoms with E-state index in [9.17, 15) is 8.42 Å². The highest BCUT2D eigenvalue weighted by atomic mass is 32.2. The van der Waals surface area contributed by atoms with Gasteiger partial charge in [0, 0.05) is 12.2 Å². The molecule has 1 aromatic carbocycles. The number of nitrogens with one attached hydrogen (secondary N) is 1. The van der Waals surface area contributed by atoms with Crippen LogP contribution in [0.1, 0.15) is 49.9 Å². The summed E-state index contributed by atoms with van der Waals surface area (Å²) in [5.74, 6) is 0.505. The van der Waals surface area contributed by atoms with Crippen LogP contribution in [0.15, 0.2) is 53.6 Å². The molecule has 1 N–H and O–H groups in total. The van der Waals surface area contributed by atoms with E-state index in [0.717, 1.165) is 5.56 Å². The molecular formula is C21H26N4O3S.